The van der Waals surface area contributed by atoms with E-state index in [4.69, 9.17) is 4.74 Å². The Hall–Kier alpha value is -3.66. The zero-order chi connectivity index (χ0) is 20.4. The van der Waals surface area contributed by atoms with Crippen molar-refractivity contribution >= 4 is 28.5 Å². The standard InChI is InChI=1S/C19H15N5O4S/c1-28-16-8-7-14(24(26)27)9-12(16)11-29-19-21-17-15(18(25)22-19)10-20-23(17)13-5-3-2-4-6-13/h2-10H,11H2,1H3,(H,21,22,25). The summed E-state index contributed by atoms with van der Waals surface area (Å²) in [6, 6.07) is 13.8. The normalized spacial score (nSPS) is 10.9. The molecule has 0 bridgehead atoms. The molecule has 29 heavy (non-hydrogen) atoms. The zero-order valence-electron chi connectivity index (χ0n) is 15.2. The second kappa shape index (κ2) is 7.76. The number of nitrogens with one attached hydrogen (secondary N) is 1. The number of rotatable bonds is 6. The lowest BCUT2D eigenvalue weighted by atomic mass is 10.2. The molecule has 0 saturated carbocycles. The number of aromatic amines is 1. The maximum Gasteiger partial charge on any atom is 0.270 e. The summed E-state index contributed by atoms with van der Waals surface area (Å²) in [6.07, 6.45) is 1.48. The van der Waals surface area contributed by atoms with Gasteiger partial charge in [-0.25, -0.2) is 9.67 Å². The molecule has 10 heteroatoms. The molecule has 0 saturated heterocycles. The molecule has 2 heterocycles. The number of H-pyrrole nitrogens is 1. The number of ether oxygens (including phenoxy) is 1. The quantitative estimate of drug-likeness (QED) is 0.225. The van der Waals surface area contributed by atoms with Gasteiger partial charge in [0.15, 0.2) is 10.8 Å². The van der Waals surface area contributed by atoms with E-state index in [-0.39, 0.29) is 11.2 Å². The van der Waals surface area contributed by atoms with E-state index in [1.165, 1.54) is 37.2 Å². The van der Waals surface area contributed by atoms with Crippen LogP contribution in [-0.2, 0) is 5.75 Å². The summed E-state index contributed by atoms with van der Waals surface area (Å²) in [7, 11) is 1.50. The summed E-state index contributed by atoms with van der Waals surface area (Å²) in [5, 5.41) is 16.1. The van der Waals surface area contributed by atoms with Crippen LogP contribution in [0.5, 0.6) is 5.75 Å². The van der Waals surface area contributed by atoms with Crippen LogP contribution < -0.4 is 10.3 Å². The Bertz CT molecular complexity index is 1250. The number of non-ortho nitro benzene ring substituents is 1. The minimum absolute atomic E-state index is 0.0274. The van der Waals surface area contributed by atoms with Crippen LogP contribution in [0.15, 0.2) is 64.7 Å². The van der Waals surface area contributed by atoms with E-state index in [1.54, 1.807) is 10.7 Å². The highest BCUT2D eigenvalue weighted by Crippen LogP contribution is 2.29. The number of fused-ring (bicyclic) bond motifs is 1. The van der Waals surface area contributed by atoms with Crippen molar-refractivity contribution in [1.29, 1.82) is 0 Å². The fraction of sp³-hybridized carbons (Fsp3) is 0.105. The van der Waals surface area contributed by atoms with Crippen LogP contribution in [0.4, 0.5) is 5.69 Å². The number of para-hydroxylation sites is 1. The van der Waals surface area contributed by atoms with Gasteiger partial charge in [0.1, 0.15) is 11.1 Å². The van der Waals surface area contributed by atoms with Gasteiger partial charge in [0, 0.05) is 23.4 Å². The topological polar surface area (TPSA) is 116 Å². The van der Waals surface area contributed by atoms with Crippen LogP contribution in [0.25, 0.3) is 16.7 Å². The second-order valence-corrected chi connectivity index (χ2v) is 7.01. The van der Waals surface area contributed by atoms with Crippen LogP contribution in [-0.4, -0.2) is 31.8 Å². The van der Waals surface area contributed by atoms with E-state index >= 15 is 0 Å². The van der Waals surface area contributed by atoms with Gasteiger partial charge in [0.2, 0.25) is 0 Å². The maximum absolute atomic E-state index is 12.4. The molecule has 2 aromatic carbocycles. The first-order chi connectivity index (χ1) is 14.1. The molecule has 0 atom stereocenters. The third-order valence-corrected chi connectivity index (χ3v) is 5.18. The number of hydrogen-bond acceptors (Lipinski definition) is 7. The molecule has 0 radical (unpaired) electrons. The molecule has 1 N–H and O–H groups in total. The van der Waals surface area contributed by atoms with E-state index in [0.717, 1.165) is 5.69 Å². The van der Waals surface area contributed by atoms with Crippen molar-refractivity contribution < 1.29 is 9.66 Å². The number of nitro benzene ring substituents is 1. The molecule has 0 unspecified atom stereocenters. The Morgan fingerprint density at radius 3 is 2.76 bits per heavy atom. The number of thioether (sulfide) groups is 1. The first-order valence-corrected chi connectivity index (χ1v) is 9.53. The third kappa shape index (κ3) is 3.69. The molecule has 0 aliphatic carbocycles. The predicted molar refractivity (Wildman–Crippen MR) is 109 cm³/mol. The second-order valence-electron chi connectivity index (χ2n) is 6.04. The smallest absolute Gasteiger partial charge is 0.270 e. The Labute approximate surface area is 168 Å². The van der Waals surface area contributed by atoms with Gasteiger partial charge in [-0.05, 0) is 18.2 Å². The number of benzene rings is 2. The number of aromatic nitrogens is 4. The summed E-state index contributed by atoms with van der Waals surface area (Å²) >= 11 is 1.25. The molecule has 0 spiro atoms. The van der Waals surface area contributed by atoms with Crippen molar-refractivity contribution in [1.82, 2.24) is 19.7 Å². The minimum atomic E-state index is -0.460. The molecule has 146 valence electrons. The summed E-state index contributed by atoms with van der Waals surface area (Å²) in [5.41, 5.74) is 1.53. The van der Waals surface area contributed by atoms with Gasteiger partial charge in [-0.15, -0.1) is 0 Å². The summed E-state index contributed by atoms with van der Waals surface area (Å²) in [5.74, 6) is 0.861. The Balaban J connectivity index is 1.68. The van der Waals surface area contributed by atoms with Gasteiger partial charge in [0.05, 0.1) is 23.9 Å². The molecule has 0 amide bonds. The summed E-state index contributed by atoms with van der Waals surface area (Å²) in [6.45, 7) is 0. The largest absolute Gasteiger partial charge is 0.496 e. The lowest BCUT2D eigenvalue weighted by molar-refractivity contribution is -0.384. The van der Waals surface area contributed by atoms with E-state index in [0.29, 0.717) is 33.3 Å². The number of nitro groups is 1. The molecule has 4 rings (SSSR count). The van der Waals surface area contributed by atoms with E-state index < -0.39 is 4.92 Å². The highest BCUT2D eigenvalue weighted by atomic mass is 32.2. The molecule has 0 aliphatic heterocycles. The average Bonchev–Trinajstić information content (AvgIpc) is 3.17. The molecular weight excluding hydrogens is 394 g/mol. The zero-order valence-corrected chi connectivity index (χ0v) is 16.0. The molecule has 0 fully saturated rings. The van der Waals surface area contributed by atoms with E-state index in [1.807, 2.05) is 30.3 Å². The molecule has 2 aromatic heterocycles. The van der Waals surface area contributed by atoms with Crippen molar-refractivity contribution in [2.75, 3.05) is 7.11 Å². The van der Waals surface area contributed by atoms with Gasteiger partial charge in [-0.1, -0.05) is 30.0 Å². The summed E-state index contributed by atoms with van der Waals surface area (Å²) < 4.78 is 6.88. The Kier molecular flexibility index (Phi) is 5.00. The maximum atomic E-state index is 12.4. The highest BCUT2D eigenvalue weighted by molar-refractivity contribution is 7.98. The fourth-order valence-electron chi connectivity index (χ4n) is 2.86. The number of nitrogens with zero attached hydrogens (tertiary/aromatic N) is 4. The number of hydrogen-bond donors (Lipinski definition) is 1. The van der Waals surface area contributed by atoms with Gasteiger partial charge >= 0.3 is 0 Å². The van der Waals surface area contributed by atoms with Crippen LogP contribution in [0.1, 0.15) is 5.56 Å². The predicted octanol–water partition coefficient (Wildman–Crippen LogP) is 3.32. The van der Waals surface area contributed by atoms with Crippen molar-refractivity contribution in [2.45, 2.75) is 10.9 Å². The van der Waals surface area contributed by atoms with Crippen molar-refractivity contribution in [3.05, 3.63) is 80.8 Å². The van der Waals surface area contributed by atoms with Gasteiger partial charge < -0.3 is 9.72 Å². The average molecular weight is 409 g/mol. The molecule has 9 nitrogen and oxygen atoms in total. The molecule has 0 aliphatic rings. The van der Waals surface area contributed by atoms with Crippen molar-refractivity contribution in [2.24, 2.45) is 0 Å². The van der Waals surface area contributed by atoms with E-state index in [9.17, 15) is 14.9 Å². The molecular formula is C19H15N5O4S. The minimum Gasteiger partial charge on any atom is -0.496 e. The Morgan fingerprint density at radius 2 is 2.03 bits per heavy atom. The lowest BCUT2D eigenvalue weighted by Crippen LogP contribution is -2.09. The van der Waals surface area contributed by atoms with Crippen molar-refractivity contribution in [3.8, 4) is 11.4 Å². The monoisotopic (exact) mass is 409 g/mol. The fourth-order valence-corrected chi connectivity index (χ4v) is 3.70. The van der Waals surface area contributed by atoms with Crippen LogP contribution in [0.2, 0.25) is 0 Å². The van der Waals surface area contributed by atoms with Crippen LogP contribution in [0, 0.1) is 10.1 Å². The molecule has 4 aromatic rings. The Morgan fingerprint density at radius 1 is 1.24 bits per heavy atom. The van der Waals surface area contributed by atoms with E-state index in [2.05, 4.69) is 15.1 Å². The first-order valence-electron chi connectivity index (χ1n) is 8.54. The van der Waals surface area contributed by atoms with Gasteiger partial charge in [-0.2, -0.15) is 5.10 Å². The lowest BCUT2D eigenvalue weighted by Gasteiger charge is -2.08. The highest BCUT2D eigenvalue weighted by Gasteiger charge is 2.15. The van der Waals surface area contributed by atoms with Gasteiger partial charge in [-0.3, -0.25) is 14.9 Å². The van der Waals surface area contributed by atoms with Gasteiger partial charge in [0.25, 0.3) is 11.2 Å². The van der Waals surface area contributed by atoms with Crippen molar-refractivity contribution in [3.63, 3.8) is 0 Å². The number of methoxy groups -OCH3 is 1. The first kappa shape index (κ1) is 18.7. The summed E-state index contributed by atoms with van der Waals surface area (Å²) in [4.78, 5) is 30.3. The van der Waals surface area contributed by atoms with Crippen LogP contribution in [0.3, 0.4) is 0 Å². The SMILES string of the molecule is COc1ccc([N+](=O)[O-])cc1CSc1nc2c(cnn2-c2ccccc2)c(=O)[nH]1. The van der Waals surface area contributed by atoms with Crippen LogP contribution >= 0.6 is 11.8 Å². The third-order valence-electron chi connectivity index (χ3n) is 4.26.